The molecule has 3 heteroatoms. The van der Waals surface area contributed by atoms with Crippen LogP contribution in [0.5, 0.6) is 0 Å². The van der Waals surface area contributed by atoms with Crippen LogP contribution in [0.4, 0.5) is 11.5 Å². The maximum Gasteiger partial charge on any atom is 0.130 e. The number of aromatic nitrogens is 1. The molecule has 1 aromatic heterocycles. The second-order valence-electron chi connectivity index (χ2n) is 4.12. The highest BCUT2D eigenvalue weighted by Gasteiger charge is 2.16. The number of pyridine rings is 1. The van der Waals surface area contributed by atoms with E-state index in [-0.39, 0.29) is 0 Å². The number of nitrogens with two attached hydrogens (primary N) is 1. The Morgan fingerprint density at radius 2 is 2.14 bits per heavy atom. The lowest BCUT2D eigenvalue weighted by Gasteiger charge is -2.31. The van der Waals surface area contributed by atoms with Crippen LogP contribution in [0.2, 0.25) is 0 Å². The van der Waals surface area contributed by atoms with Crippen molar-refractivity contribution in [2.45, 2.75) is 19.8 Å². The molecule has 3 nitrogen and oxygen atoms in total. The van der Waals surface area contributed by atoms with Crippen LogP contribution in [0.3, 0.4) is 0 Å². The number of hydrogen-bond donors (Lipinski definition) is 1. The molecule has 2 heterocycles. The van der Waals surface area contributed by atoms with E-state index in [0.29, 0.717) is 0 Å². The molecule has 0 saturated carbocycles. The molecule has 2 N–H and O–H groups in total. The molecule has 2 rings (SSSR count). The summed E-state index contributed by atoms with van der Waals surface area (Å²) in [6.45, 7) is 4.53. The molecule has 1 fully saturated rings. The SMILES string of the molecule is CC1CCN(c2cc(N)ccn2)CC1. The Hall–Kier alpha value is -1.25. The summed E-state index contributed by atoms with van der Waals surface area (Å²) < 4.78 is 0. The Kier molecular flexibility index (Phi) is 2.57. The summed E-state index contributed by atoms with van der Waals surface area (Å²) in [6, 6.07) is 3.78. The first-order valence-corrected chi connectivity index (χ1v) is 5.22. The third-order valence-electron chi connectivity index (χ3n) is 2.88. The first kappa shape index (κ1) is 9.31. The lowest BCUT2D eigenvalue weighted by atomic mass is 9.99. The van der Waals surface area contributed by atoms with Gasteiger partial charge >= 0.3 is 0 Å². The van der Waals surface area contributed by atoms with Crippen molar-refractivity contribution >= 4 is 11.5 Å². The van der Waals surface area contributed by atoms with Gasteiger partial charge in [-0.15, -0.1) is 0 Å². The van der Waals surface area contributed by atoms with Crippen molar-refractivity contribution in [3.8, 4) is 0 Å². The highest BCUT2D eigenvalue weighted by Crippen LogP contribution is 2.21. The van der Waals surface area contributed by atoms with E-state index in [1.165, 1.54) is 12.8 Å². The van der Waals surface area contributed by atoms with Gasteiger partial charge in [0.05, 0.1) is 0 Å². The van der Waals surface area contributed by atoms with Crippen LogP contribution in [-0.2, 0) is 0 Å². The van der Waals surface area contributed by atoms with E-state index < -0.39 is 0 Å². The van der Waals surface area contributed by atoms with Gasteiger partial charge in [-0.3, -0.25) is 0 Å². The van der Waals surface area contributed by atoms with Gasteiger partial charge in [-0.2, -0.15) is 0 Å². The van der Waals surface area contributed by atoms with Crippen molar-refractivity contribution in [3.05, 3.63) is 18.3 Å². The zero-order chi connectivity index (χ0) is 9.97. The topological polar surface area (TPSA) is 42.1 Å². The van der Waals surface area contributed by atoms with E-state index in [0.717, 1.165) is 30.5 Å². The van der Waals surface area contributed by atoms with E-state index >= 15 is 0 Å². The second kappa shape index (κ2) is 3.86. The quantitative estimate of drug-likeness (QED) is 0.737. The van der Waals surface area contributed by atoms with Gasteiger partial charge in [-0.05, 0) is 24.8 Å². The van der Waals surface area contributed by atoms with Gasteiger partial charge in [-0.1, -0.05) is 6.92 Å². The van der Waals surface area contributed by atoms with Crippen LogP contribution in [0.25, 0.3) is 0 Å². The van der Waals surface area contributed by atoms with Crippen molar-refractivity contribution in [2.75, 3.05) is 23.7 Å². The first-order chi connectivity index (χ1) is 6.75. The van der Waals surface area contributed by atoms with E-state index in [2.05, 4.69) is 16.8 Å². The summed E-state index contributed by atoms with van der Waals surface area (Å²) in [5.41, 5.74) is 6.53. The molecule has 0 aliphatic carbocycles. The molecule has 0 atom stereocenters. The zero-order valence-corrected chi connectivity index (χ0v) is 8.61. The molecular formula is C11H17N3. The lowest BCUT2D eigenvalue weighted by Crippen LogP contribution is -2.33. The van der Waals surface area contributed by atoms with Crippen LogP contribution < -0.4 is 10.6 Å². The normalized spacial score (nSPS) is 18.5. The van der Waals surface area contributed by atoms with Crippen LogP contribution in [0.15, 0.2) is 18.3 Å². The van der Waals surface area contributed by atoms with Gasteiger partial charge in [0.1, 0.15) is 5.82 Å². The summed E-state index contributed by atoms with van der Waals surface area (Å²) in [4.78, 5) is 6.65. The largest absolute Gasteiger partial charge is 0.399 e. The van der Waals surface area contributed by atoms with Crippen molar-refractivity contribution in [1.82, 2.24) is 4.98 Å². The van der Waals surface area contributed by atoms with Crippen LogP contribution in [0, 0.1) is 5.92 Å². The zero-order valence-electron chi connectivity index (χ0n) is 8.61. The third kappa shape index (κ3) is 1.97. The minimum Gasteiger partial charge on any atom is -0.399 e. The third-order valence-corrected chi connectivity index (χ3v) is 2.88. The minimum absolute atomic E-state index is 0.800. The van der Waals surface area contributed by atoms with E-state index in [9.17, 15) is 0 Å². The number of nitrogens with zero attached hydrogens (tertiary/aromatic N) is 2. The predicted molar refractivity (Wildman–Crippen MR) is 59.3 cm³/mol. The van der Waals surface area contributed by atoms with Crippen LogP contribution >= 0.6 is 0 Å². The predicted octanol–water partition coefficient (Wildman–Crippen LogP) is 1.90. The summed E-state index contributed by atoms with van der Waals surface area (Å²) in [7, 11) is 0. The highest BCUT2D eigenvalue weighted by atomic mass is 15.2. The smallest absolute Gasteiger partial charge is 0.130 e. The standard InChI is InChI=1S/C11H17N3/c1-9-3-6-14(7-4-9)11-8-10(12)2-5-13-11/h2,5,8-9H,3-4,6-7H2,1H3,(H2,12,13). The Bertz CT molecular complexity index is 303. The first-order valence-electron chi connectivity index (χ1n) is 5.22. The van der Waals surface area contributed by atoms with Crippen LogP contribution in [0.1, 0.15) is 19.8 Å². The molecule has 0 radical (unpaired) electrons. The van der Waals surface area contributed by atoms with Gasteiger partial charge in [0.25, 0.3) is 0 Å². The van der Waals surface area contributed by atoms with E-state index in [1.54, 1.807) is 6.20 Å². The van der Waals surface area contributed by atoms with Gasteiger partial charge in [0.2, 0.25) is 0 Å². The molecule has 14 heavy (non-hydrogen) atoms. The summed E-state index contributed by atoms with van der Waals surface area (Å²) in [5, 5.41) is 0. The Balaban J connectivity index is 2.08. The second-order valence-corrected chi connectivity index (χ2v) is 4.12. The maximum absolute atomic E-state index is 5.73. The minimum atomic E-state index is 0.800. The van der Waals surface area contributed by atoms with E-state index in [4.69, 9.17) is 5.73 Å². The summed E-state index contributed by atoms with van der Waals surface area (Å²) >= 11 is 0. The fourth-order valence-corrected chi connectivity index (χ4v) is 1.84. The summed E-state index contributed by atoms with van der Waals surface area (Å²) in [5.74, 6) is 1.88. The Labute approximate surface area is 84.9 Å². The molecule has 1 aliphatic heterocycles. The number of nitrogen functional groups attached to an aromatic ring is 1. The Morgan fingerprint density at radius 3 is 2.79 bits per heavy atom. The molecule has 1 aromatic rings. The monoisotopic (exact) mass is 191 g/mol. The molecule has 0 bridgehead atoms. The molecule has 0 amide bonds. The average molecular weight is 191 g/mol. The fraction of sp³-hybridized carbons (Fsp3) is 0.545. The van der Waals surface area contributed by atoms with E-state index in [1.807, 2.05) is 12.1 Å². The molecular weight excluding hydrogens is 174 g/mol. The number of hydrogen-bond acceptors (Lipinski definition) is 3. The van der Waals surface area contributed by atoms with Gasteiger partial charge in [0, 0.05) is 31.0 Å². The van der Waals surface area contributed by atoms with Crippen molar-refractivity contribution < 1.29 is 0 Å². The van der Waals surface area contributed by atoms with Crippen molar-refractivity contribution in [2.24, 2.45) is 5.92 Å². The van der Waals surface area contributed by atoms with Crippen LogP contribution in [-0.4, -0.2) is 18.1 Å². The number of anilines is 2. The van der Waals surface area contributed by atoms with Gasteiger partial charge < -0.3 is 10.6 Å². The molecule has 0 unspecified atom stereocenters. The van der Waals surface area contributed by atoms with Gasteiger partial charge in [0.15, 0.2) is 0 Å². The van der Waals surface area contributed by atoms with Gasteiger partial charge in [-0.25, -0.2) is 4.98 Å². The van der Waals surface area contributed by atoms with Crippen molar-refractivity contribution in [3.63, 3.8) is 0 Å². The van der Waals surface area contributed by atoms with Crippen molar-refractivity contribution in [1.29, 1.82) is 0 Å². The Morgan fingerprint density at radius 1 is 1.43 bits per heavy atom. The molecule has 1 saturated heterocycles. The lowest BCUT2D eigenvalue weighted by molar-refractivity contribution is 0.436. The number of rotatable bonds is 1. The fourth-order valence-electron chi connectivity index (χ4n) is 1.84. The molecule has 1 aliphatic rings. The summed E-state index contributed by atoms with van der Waals surface area (Å²) in [6.07, 6.45) is 4.30. The molecule has 0 aromatic carbocycles. The molecule has 76 valence electrons. The molecule has 0 spiro atoms. The maximum atomic E-state index is 5.73. The average Bonchev–Trinajstić information content (AvgIpc) is 2.19. The number of piperidine rings is 1. The highest BCUT2D eigenvalue weighted by molar-refractivity contribution is 5.50.